The average Bonchev–Trinajstić information content (AvgIpc) is 2.76. The van der Waals surface area contributed by atoms with Crippen LogP contribution in [0.5, 0.6) is 11.5 Å². The number of anilines is 1. The van der Waals surface area contributed by atoms with Gasteiger partial charge in [-0.1, -0.05) is 36.4 Å². The normalized spacial score (nSPS) is 12.1. The Morgan fingerprint density at radius 1 is 0.867 bits per heavy atom. The molecular formula is C23H18N2O5. The zero-order chi connectivity index (χ0) is 21.1. The van der Waals surface area contributed by atoms with Gasteiger partial charge in [0.05, 0.1) is 0 Å². The van der Waals surface area contributed by atoms with Crippen molar-refractivity contribution in [3.8, 4) is 11.5 Å². The topological polar surface area (TPSA) is 108 Å². The SMILES string of the molecule is NC(=O)c1ccc(NC(=O)COC(=O)C2c3ccccc3Oc3ccccc32)cc1. The molecule has 0 atom stereocenters. The molecule has 7 heteroatoms. The van der Waals surface area contributed by atoms with E-state index in [1.807, 2.05) is 24.3 Å². The first-order valence-electron chi connectivity index (χ1n) is 9.25. The molecule has 4 rings (SSSR count). The third-order valence-electron chi connectivity index (χ3n) is 4.71. The maximum Gasteiger partial charge on any atom is 0.318 e. The van der Waals surface area contributed by atoms with E-state index in [9.17, 15) is 14.4 Å². The van der Waals surface area contributed by atoms with Gasteiger partial charge < -0.3 is 20.5 Å². The van der Waals surface area contributed by atoms with E-state index < -0.39 is 30.3 Å². The molecule has 0 aliphatic carbocycles. The predicted molar refractivity (Wildman–Crippen MR) is 109 cm³/mol. The van der Waals surface area contributed by atoms with E-state index in [1.54, 1.807) is 36.4 Å². The van der Waals surface area contributed by atoms with Gasteiger partial charge in [0.2, 0.25) is 5.91 Å². The molecule has 1 aliphatic rings. The highest BCUT2D eigenvalue weighted by molar-refractivity contribution is 5.96. The Bertz CT molecular complexity index is 1080. The number of hydrogen-bond donors (Lipinski definition) is 2. The summed E-state index contributed by atoms with van der Waals surface area (Å²) < 4.78 is 11.2. The fourth-order valence-electron chi connectivity index (χ4n) is 3.30. The second kappa shape index (κ2) is 8.08. The number of para-hydroxylation sites is 2. The van der Waals surface area contributed by atoms with E-state index in [1.165, 1.54) is 12.1 Å². The number of fused-ring (bicyclic) bond motifs is 2. The van der Waals surface area contributed by atoms with Gasteiger partial charge in [-0.15, -0.1) is 0 Å². The van der Waals surface area contributed by atoms with Gasteiger partial charge in [0.25, 0.3) is 5.91 Å². The number of primary amides is 1. The number of esters is 1. The van der Waals surface area contributed by atoms with E-state index >= 15 is 0 Å². The minimum absolute atomic E-state index is 0.330. The lowest BCUT2D eigenvalue weighted by Gasteiger charge is -2.26. The van der Waals surface area contributed by atoms with Gasteiger partial charge in [0, 0.05) is 22.4 Å². The summed E-state index contributed by atoms with van der Waals surface area (Å²) in [6.45, 7) is -0.446. The highest BCUT2D eigenvalue weighted by atomic mass is 16.5. The Morgan fingerprint density at radius 3 is 2.00 bits per heavy atom. The van der Waals surface area contributed by atoms with Gasteiger partial charge in [-0.2, -0.15) is 0 Å². The molecule has 0 unspecified atom stereocenters. The smallest absolute Gasteiger partial charge is 0.318 e. The van der Waals surface area contributed by atoms with Crippen molar-refractivity contribution in [3.63, 3.8) is 0 Å². The van der Waals surface area contributed by atoms with Crippen molar-refractivity contribution in [2.24, 2.45) is 5.73 Å². The maximum atomic E-state index is 12.9. The largest absolute Gasteiger partial charge is 0.457 e. The van der Waals surface area contributed by atoms with Crippen molar-refractivity contribution in [2.45, 2.75) is 5.92 Å². The van der Waals surface area contributed by atoms with Crippen molar-refractivity contribution in [2.75, 3.05) is 11.9 Å². The highest BCUT2D eigenvalue weighted by Gasteiger charge is 2.33. The quantitative estimate of drug-likeness (QED) is 0.637. The van der Waals surface area contributed by atoms with Crippen LogP contribution in [-0.2, 0) is 14.3 Å². The first-order valence-corrected chi connectivity index (χ1v) is 9.25. The first-order chi connectivity index (χ1) is 14.5. The van der Waals surface area contributed by atoms with Gasteiger partial charge in [-0.25, -0.2) is 0 Å². The molecule has 7 nitrogen and oxygen atoms in total. The number of ether oxygens (including phenoxy) is 2. The fourth-order valence-corrected chi connectivity index (χ4v) is 3.30. The van der Waals surface area contributed by atoms with Crippen molar-refractivity contribution >= 4 is 23.5 Å². The minimum atomic E-state index is -0.686. The second-order valence-electron chi connectivity index (χ2n) is 6.71. The molecule has 150 valence electrons. The van der Waals surface area contributed by atoms with Crippen LogP contribution in [0.4, 0.5) is 5.69 Å². The number of nitrogens with one attached hydrogen (secondary N) is 1. The van der Waals surface area contributed by atoms with Gasteiger partial charge in [-0.3, -0.25) is 14.4 Å². The monoisotopic (exact) mass is 402 g/mol. The van der Waals surface area contributed by atoms with Crippen LogP contribution < -0.4 is 15.8 Å². The average molecular weight is 402 g/mol. The maximum absolute atomic E-state index is 12.9. The zero-order valence-corrected chi connectivity index (χ0v) is 15.8. The summed E-state index contributed by atoms with van der Waals surface area (Å²) in [4.78, 5) is 36.2. The molecule has 0 fully saturated rings. The first kappa shape index (κ1) is 19.2. The van der Waals surface area contributed by atoms with E-state index in [-0.39, 0.29) is 0 Å². The van der Waals surface area contributed by atoms with Crippen LogP contribution in [0.1, 0.15) is 27.4 Å². The van der Waals surface area contributed by atoms with Crippen LogP contribution in [-0.4, -0.2) is 24.4 Å². The van der Waals surface area contributed by atoms with Crippen molar-refractivity contribution < 1.29 is 23.9 Å². The molecule has 1 heterocycles. The van der Waals surface area contributed by atoms with Crippen LogP contribution in [0, 0.1) is 0 Å². The Labute approximate surface area is 172 Å². The van der Waals surface area contributed by atoms with Gasteiger partial charge in [0.1, 0.15) is 17.4 Å². The molecule has 0 saturated carbocycles. The molecule has 3 aromatic rings. The number of nitrogens with two attached hydrogens (primary N) is 1. The van der Waals surface area contributed by atoms with E-state index in [2.05, 4.69) is 5.32 Å². The molecule has 2 amide bonds. The zero-order valence-electron chi connectivity index (χ0n) is 15.8. The van der Waals surface area contributed by atoms with E-state index in [4.69, 9.17) is 15.2 Å². The fraction of sp³-hybridized carbons (Fsp3) is 0.0870. The number of benzene rings is 3. The molecule has 0 radical (unpaired) electrons. The molecule has 30 heavy (non-hydrogen) atoms. The van der Waals surface area contributed by atoms with Crippen LogP contribution in [0.3, 0.4) is 0 Å². The lowest BCUT2D eigenvalue weighted by Crippen LogP contribution is -2.26. The van der Waals surface area contributed by atoms with Crippen LogP contribution in [0.2, 0.25) is 0 Å². The van der Waals surface area contributed by atoms with Gasteiger partial charge >= 0.3 is 5.97 Å². The third-order valence-corrected chi connectivity index (χ3v) is 4.71. The van der Waals surface area contributed by atoms with Crippen molar-refractivity contribution in [1.29, 1.82) is 0 Å². The molecule has 1 aliphatic heterocycles. The number of hydrogen-bond acceptors (Lipinski definition) is 5. The summed E-state index contributed by atoms with van der Waals surface area (Å²) in [5.41, 5.74) is 7.35. The number of rotatable bonds is 5. The Morgan fingerprint density at radius 2 is 1.43 bits per heavy atom. The van der Waals surface area contributed by atoms with Crippen LogP contribution in [0.25, 0.3) is 0 Å². The van der Waals surface area contributed by atoms with Crippen LogP contribution >= 0.6 is 0 Å². The third kappa shape index (κ3) is 3.86. The second-order valence-corrected chi connectivity index (χ2v) is 6.71. The number of carbonyl (C=O) groups is 3. The van der Waals surface area contributed by atoms with Gasteiger partial charge in [-0.05, 0) is 36.4 Å². The Balaban J connectivity index is 1.45. The summed E-state index contributed by atoms with van der Waals surface area (Å²) in [6, 6.07) is 20.6. The van der Waals surface area contributed by atoms with Crippen LogP contribution in [0.15, 0.2) is 72.8 Å². The van der Waals surface area contributed by atoms with E-state index in [0.29, 0.717) is 33.9 Å². The summed E-state index contributed by atoms with van der Waals surface area (Å²) >= 11 is 0. The number of amides is 2. The molecule has 3 aromatic carbocycles. The summed E-state index contributed by atoms with van der Waals surface area (Å²) in [5.74, 6) is -1.12. The molecular weight excluding hydrogens is 384 g/mol. The summed E-state index contributed by atoms with van der Waals surface area (Å²) in [7, 11) is 0. The molecule has 0 bridgehead atoms. The Hall–Kier alpha value is -4.13. The Kier molecular flexibility index (Phi) is 5.17. The number of carbonyl (C=O) groups excluding carboxylic acids is 3. The summed E-state index contributed by atoms with van der Waals surface area (Å²) in [5, 5.41) is 2.61. The lowest BCUT2D eigenvalue weighted by atomic mass is 9.88. The van der Waals surface area contributed by atoms with Crippen molar-refractivity contribution in [1.82, 2.24) is 0 Å². The molecule has 0 spiro atoms. The predicted octanol–water partition coefficient (Wildman–Crippen LogP) is 3.21. The standard InChI is InChI=1S/C23H18N2O5/c24-22(27)14-9-11-15(12-10-14)25-20(26)13-29-23(28)21-16-5-1-3-7-18(16)30-19-8-4-2-6-17(19)21/h1-12,21H,13H2,(H2,24,27)(H,25,26). The molecule has 0 saturated heterocycles. The minimum Gasteiger partial charge on any atom is -0.457 e. The summed E-state index contributed by atoms with van der Waals surface area (Å²) in [6.07, 6.45) is 0. The van der Waals surface area contributed by atoms with Crippen molar-refractivity contribution in [3.05, 3.63) is 89.5 Å². The highest BCUT2D eigenvalue weighted by Crippen LogP contribution is 2.44. The van der Waals surface area contributed by atoms with Gasteiger partial charge in [0.15, 0.2) is 6.61 Å². The molecule has 0 aromatic heterocycles. The van der Waals surface area contributed by atoms with E-state index in [0.717, 1.165) is 0 Å². The lowest BCUT2D eigenvalue weighted by molar-refractivity contribution is -0.148. The molecule has 3 N–H and O–H groups in total.